The molecule has 18 heavy (non-hydrogen) atoms. The Morgan fingerprint density at radius 2 is 2.11 bits per heavy atom. The predicted molar refractivity (Wildman–Crippen MR) is 69.0 cm³/mol. The molecule has 2 N–H and O–H groups in total. The van der Waals surface area contributed by atoms with Gasteiger partial charge < -0.3 is 5.73 Å². The first-order chi connectivity index (χ1) is 8.32. The lowest BCUT2D eigenvalue weighted by Gasteiger charge is -2.19. The lowest BCUT2D eigenvalue weighted by molar-refractivity contribution is -0.123. The van der Waals surface area contributed by atoms with Crippen molar-refractivity contribution in [1.82, 2.24) is 4.31 Å². The average Bonchev–Trinajstić information content (AvgIpc) is 2.28. The molecule has 0 saturated heterocycles. The number of sulfonamides is 1. The second kappa shape index (κ2) is 5.10. The van der Waals surface area contributed by atoms with E-state index in [1.54, 1.807) is 19.1 Å². The fourth-order valence-corrected chi connectivity index (χ4v) is 2.96. The van der Waals surface area contributed by atoms with Gasteiger partial charge in [-0.25, -0.2) is 12.7 Å². The summed E-state index contributed by atoms with van der Waals surface area (Å²) in [6.45, 7) is 2.51. The molecule has 0 unspecified atom stereocenters. The van der Waals surface area contributed by atoms with Crippen LogP contribution in [0.2, 0.25) is 0 Å². The fraction of sp³-hybridized carbons (Fsp3) is 0.250. The van der Waals surface area contributed by atoms with Crippen molar-refractivity contribution >= 4 is 21.6 Å². The van der Waals surface area contributed by atoms with Gasteiger partial charge in [0.2, 0.25) is 5.91 Å². The van der Waals surface area contributed by atoms with E-state index in [9.17, 15) is 13.2 Å². The Kier molecular flexibility index (Phi) is 3.99. The molecule has 0 spiro atoms. The van der Waals surface area contributed by atoms with Crippen molar-refractivity contribution < 1.29 is 13.2 Å². The molecular formula is C12H14N2O3S. The summed E-state index contributed by atoms with van der Waals surface area (Å²) in [6.07, 6.45) is 5.07. The number of para-hydroxylation sites is 1. The van der Waals surface area contributed by atoms with E-state index in [1.165, 1.54) is 6.07 Å². The molecule has 96 valence electrons. The van der Waals surface area contributed by atoms with Crippen LogP contribution in [-0.4, -0.2) is 25.2 Å². The van der Waals surface area contributed by atoms with E-state index in [0.717, 1.165) is 6.92 Å². The first kappa shape index (κ1) is 14.1. The molecule has 0 aliphatic heterocycles. The predicted octanol–water partition coefficient (Wildman–Crippen LogP) is 0.748. The molecule has 0 aliphatic carbocycles. The van der Waals surface area contributed by atoms with E-state index in [4.69, 9.17) is 12.2 Å². The number of rotatable bonds is 3. The zero-order valence-corrected chi connectivity index (χ0v) is 11.0. The number of hydrogen-bond donors (Lipinski definition) is 1. The third-order valence-electron chi connectivity index (χ3n) is 2.44. The van der Waals surface area contributed by atoms with Gasteiger partial charge in [-0.3, -0.25) is 4.79 Å². The standard InChI is InChI=1S/C12H14N2O3S/c1-4-8-14(10(3)15)18(16,17)11-7-5-6-9(2)12(11)13/h1,5-7H,8,13H2,2-3H3. The van der Waals surface area contributed by atoms with Crippen molar-refractivity contribution in [2.24, 2.45) is 0 Å². The van der Waals surface area contributed by atoms with Crippen LogP contribution in [0.5, 0.6) is 0 Å². The number of nitrogen functional groups attached to an aromatic ring is 1. The number of aryl methyl sites for hydroxylation is 1. The van der Waals surface area contributed by atoms with Crippen molar-refractivity contribution in [2.75, 3.05) is 12.3 Å². The largest absolute Gasteiger partial charge is 0.397 e. The zero-order chi connectivity index (χ0) is 13.9. The molecule has 1 aromatic rings. The quantitative estimate of drug-likeness (QED) is 0.646. The lowest BCUT2D eigenvalue weighted by Crippen LogP contribution is -2.35. The van der Waals surface area contributed by atoms with Gasteiger partial charge in [0.1, 0.15) is 4.90 Å². The van der Waals surface area contributed by atoms with Crippen molar-refractivity contribution in [3.63, 3.8) is 0 Å². The van der Waals surface area contributed by atoms with E-state index >= 15 is 0 Å². The Balaban J connectivity index is 3.41. The maximum Gasteiger partial charge on any atom is 0.269 e. The molecule has 5 nitrogen and oxygen atoms in total. The summed E-state index contributed by atoms with van der Waals surface area (Å²) >= 11 is 0. The number of carbonyl (C=O) groups is 1. The Labute approximate surface area is 107 Å². The molecule has 0 aliphatic rings. The molecule has 0 atom stereocenters. The molecule has 6 heteroatoms. The molecule has 0 fully saturated rings. The number of benzene rings is 1. The van der Waals surface area contributed by atoms with Crippen LogP contribution in [0.4, 0.5) is 5.69 Å². The maximum absolute atomic E-state index is 12.3. The number of nitrogens with two attached hydrogens (primary N) is 1. The van der Waals surface area contributed by atoms with Gasteiger partial charge in [-0.15, -0.1) is 6.42 Å². The summed E-state index contributed by atoms with van der Waals surface area (Å²) in [5, 5.41) is 0. The second-order valence-electron chi connectivity index (χ2n) is 3.72. The second-order valence-corrected chi connectivity index (χ2v) is 5.55. The number of terminal acetylenes is 1. The number of hydrogen-bond acceptors (Lipinski definition) is 4. The van der Waals surface area contributed by atoms with Crippen molar-refractivity contribution in [3.8, 4) is 12.3 Å². The highest BCUT2D eigenvalue weighted by molar-refractivity contribution is 7.89. The molecule has 0 heterocycles. The van der Waals surface area contributed by atoms with Crippen molar-refractivity contribution in [2.45, 2.75) is 18.7 Å². The average molecular weight is 266 g/mol. The van der Waals surface area contributed by atoms with Crippen LogP contribution < -0.4 is 5.73 Å². The number of anilines is 1. The van der Waals surface area contributed by atoms with Crippen LogP contribution in [0.3, 0.4) is 0 Å². The molecule has 0 bridgehead atoms. The van der Waals surface area contributed by atoms with Crippen LogP contribution in [0.1, 0.15) is 12.5 Å². The highest BCUT2D eigenvalue weighted by atomic mass is 32.2. The van der Waals surface area contributed by atoms with Gasteiger partial charge in [-0.1, -0.05) is 18.1 Å². The minimum atomic E-state index is -4.00. The highest BCUT2D eigenvalue weighted by Crippen LogP contribution is 2.24. The molecule has 1 aromatic carbocycles. The monoisotopic (exact) mass is 266 g/mol. The van der Waals surface area contributed by atoms with Gasteiger partial charge in [0.15, 0.2) is 0 Å². The number of nitrogens with zero attached hydrogens (tertiary/aromatic N) is 1. The van der Waals surface area contributed by atoms with E-state index in [1.807, 2.05) is 0 Å². The SMILES string of the molecule is C#CCN(C(C)=O)S(=O)(=O)c1cccc(C)c1N. The maximum atomic E-state index is 12.3. The fourth-order valence-electron chi connectivity index (χ4n) is 1.45. The summed E-state index contributed by atoms with van der Waals surface area (Å²) in [4.78, 5) is 11.3. The first-order valence-electron chi connectivity index (χ1n) is 5.14. The van der Waals surface area contributed by atoms with Crippen LogP contribution in [0.15, 0.2) is 23.1 Å². The third-order valence-corrected chi connectivity index (χ3v) is 4.32. The van der Waals surface area contributed by atoms with Gasteiger partial charge in [-0.2, -0.15) is 0 Å². The van der Waals surface area contributed by atoms with Crippen molar-refractivity contribution in [3.05, 3.63) is 23.8 Å². The smallest absolute Gasteiger partial charge is 0.269 e. The van der Waals surface area contributed by atoms with Gasteiger partial charge in [0.05, 0.1) is 12.2 Å². The minimum absolute atomic E-state index is 0.104. The first-order valence-corrected chi connectivity index (χ1v) is 6.58. The summed E-state index contributed by atoms with van der Waals surface area (Å²) < 4.78 is 25.2. The van der Waals surface area contributed by atoms with Crippen LogP contribution in [0, 0.1) is 19.3 Å². The van der Waals surface area contributed by atoms with Crippen LogP contribution in [0.25, 0.3) is 0 Å². The highest BCUT2D eigenvalue weighted by Gasteiger charge is 2.28. The topological polar surface area (TPSA) is 80.5 Å². The van der Waals surface area contributed by atoms with E-state index in [2.05, 4.69) is 5.92 Å². The Bertz CT molecular complexity index is 615. The molecule has 0 radical (unpaired) electrons. The lowest BCUT2D eigenvalue weighted by atomic mass is 10.2. The molecule has 1 amide bonds. The summed E-state index contributed by atoms with van der Waals surface area (Å²) in [5.74, 6) is 1.50. The molecular weight excluding hydrogens is 252 g/mol. The Morgan fingerprint density at radius 1 is 1.50 bits per heavy atom. The summed E-state index contributed by atoms with van der Waals surface area (Å²) in [5.41, 5.74) is 6.49. The van der Waals surface area contributed by atoms with Crippen LogP contribution in [-0.2, 0) is 14.8 Å². The van der Waals surface area contributed by atoms with E-state index < -0.39 is 15.9 Å². The Hall–Kier alpha value is -2.00. The van der Waals surface area contributed by atoms with Gasteiger partial charge in [-0.05, 0) is 18.6 Å². The van der Waals surface area contributed by atoms with Crippen LogP contribution >= 0.6 is 0 Å². The normalized spacial score (nSPS) is 10.7. The van der Waals surface area contributed by atoms with E-state index in [0.29, 0.717) is 9.87 Å². The van der Waals surface area contributed by atoms with Gasteiger partial charge in [0.25, 0.3) is 10.0 Å². The van der Waals surface area contributed by atoms with Gasteiger partial charge >= 0.3 is 0 Å². The number of carbonyl (C=O) groups excluding carboxylic acids is 1. The van der Waals surface area contributed by atoms with Gasteiger partial charge in [0, 0.05) is 6.92 Å². The summed E-state index contributed by atoms with van der Waals surface area (Å²) in [7, 11) is -4.00. The number of amides is 1. The third kappa shape index (κ3) is 2.46. The van der Waals surface area contributed by atoms with E-state index in [-0.39, 0.29) is 17.1 Å². The molecule has 1 rings (SSSR count). The zero-order valence-electron chi connectivity index (χ0n) is 10.2. The molecule has 0 aromatic heterocycles. The summed E-state index contributed by atoms with van der Waals surface area (Å²) in [6, 6.07) is 4.60. The Morgan fingerprint density at radius 3 is 2.61 bits per heavy atom. The van der Waals surface area contributed by atoms with Crippen molar-refractivity contribution in [1.29, 1.82) is 0 Å². The minimum Gasteiger partial charge on any atom is -0.397 e. The molecule has 0 saturated carbocycles.